The Morgan fingerprint density at radius 2 is 1.95 bits per heavy atom. The van der Waals surface area contributed by atoms with Crippen molar-refractivity contribution in [3.05, 3.63) is 17.6 Å². The van der Waals surface area contributed by atoms with Gasteiger partial charge in [0.25, 0.3) is 0 Å². The summed E-state index contributed by atoms with van der Waals surface area (Å²) in [5.74, 6) is 0. The van der Waals surface area contributed by atoms with E-state index in [0.717, 1.165) is 16.9 Å². The second-order valence-corrected chi connectivity index (χ2v) is 6.34. The fourth-order valence-electron chi connectivity index (χ4n) is 3.09. The molecular weight excluding hydrogens is 254 g/mol. The predicted molar refractivity (Wildman–Crippen MR) is 83.9 cm³/mol. The Hall–Kier alpha value is -1.29. The Labute approximate surface area is 118 Å². The molecule has 1 fully saturated rings. The van der Waals surface area contributed by atoms with E-state index in [2.05, 4.69) is 29.1 Å². The van der Waals surface area contributed by atoms with E-state index in [9.17, 15) is 0 Å². The predicted octanol–water partition coefficient (Wildman–Crippen LogP) is 4.04. The molecule has 0 spiro atoms. The fourth-order valence-corrected chi connectivity index (χ4v) is 3.78. The van der Waals surface area contributed by atoms with Crippen LogP contribution in [0.3, 0.4) is 0 Å². The normalized spacial score (nSPS) is 17.5. The molecule has 0 aliphatic heterocycles. The van der Waals surface area contributed by atoms with Crippen molar-refractivity contribution in [2.45, 2.75) is 44.6 Å². The van der Waals surface area contributed by atoms with E-state index in [1.165, 1.54) is 43.2 Å². The minimum absolute atomic E-state index is 0.626. The summed E-state index contributed by atoms with van der Waals surface area (Å²) in [6.45, 7) is 0. The first-order valence-electron chi connectivity index (χ1n) is 7.12. The summed E-state index contributed by atoms with van der Waals surface area (Å²) in [5.41, 5.74) is 11.1. The number of nitrogens with zero attached hydrogens (tertiary/aromatic N) is 2. The van der Waals surface area contributed by atoms with Crippen LogP contribution in [0.15, 0.2) is 17.6 Å². The van der Waals surface area contributed by atoms with Crippen molar-refractivity contribution in [1.29, 1.82) is 0 Å². The first-order valence-corrected chi connectivity index (χ1v) is 8.00. The number of nitrogen functional groups attached to an aromatic ring is 1. The van der Waals surface area contributed by atoms with E-state index >= 15 is 0 Å². The molecular formula is C15H21N3S. The maximum Gasteiger partial charge on any atom is 0.106 e. The zero-order valence-corrected chi connectivity index (χ0v) is 12.2. The van der Waals surface area contributed by atoms with Crippen LogP contribution in [0.2, 0.25) is 0 Å². The van der Waals surface area contributed by atoms with E-state index in [1.807, 2.05) is 5.51 Å². The van der Waals surface area contributed by atoms with E-state index in [0.29, 0.717) is 6.04 Å². The Bertz CT molecular complexity index is 556. The minimum atomic E-state index is 0.626. The first kappa shape index (κ1) is 12.7. The van der Waals surface area contributed by atoms with Crippen LogP contribution in [0.1, 0.15) is 38.5 Å². The molecule has 0 amide bonds. The zero-order valence-electron chi connectivity index (χ0n) is 11.4. The maximum atomic E-state index is 6.31. The van der Waals surface area contributed by atoms with Crippen molar-refractivity contribution in [2.24, 2.45) is 0 Å². The number of hydrogen-bond acceptors (Lipinski definition) is 4. The zero-order chi connectivity index (χ0) is 13.2. The van der Waals surface area contributed by atoms with Crippen molar-refractivity contribution in [3.8, 4) is 0 Å². The highest BCUT2D eigenvalue weighted by molar-refractivity contribution is 7.16. The molecule has 0 saturated heterocycles. The largest absolute Gasteiger partial charge is 0.395 e. The third-order valence-corrected chi connectivity index (χ3v) is 5.07. The van der Waals surface area contributed by atoms with E-state index < -0.39 is 0 Å². The number of thiazole rings is 1. The summed E-state index contributed by atoms with van der Waals surface area (Å²) < 4.78 is 1.18. The minimum Gasteiger partial charge on any atom is -0.395 e. The van der Waals surface area contributed by atoms with Gasteiger partial charge >= 0.3 is 0 Å². The van der Waals surface area contributed by atoms with Crippen LogP contribution in [0.5, 0.6) is 0 Å². The van der Waals surface area contributed by atoms with Crippen LogP contribution in [-0.2, 0) is 0 Å². The van der Waals surface area contributed by atoms with Gasteiger partial charge in [0.15, 0.2) is 0 Å². The summed E-state index contributed by atoms with van der Waals surface area (Å²) in [4.78, 5) is 6.77. The number of aromatic nitrogens is 1. The molecule has 3 nitrogen and oxygen atoms in total. The van der Waals surface area contributed by atoms with E-state index in [-0.39, 0.29) is 0 Å². The van der Waals surface area contributed by atoms with Gasteiger partial charge < -0.3 is 10.6 Å². The number of hydrogen-bond donors (Lipinski definition) is 1. The Morgan fingerprint density at radius 1 is 1.21 bits per heavy atom. The molecule has 0 bridgehead atoms. The number of anilines is 2. The summed E-state index contributed by atoms with van der Waals surface area (Å²) in [7, 11) is 2.18. The molecule has 1 saturated carbocycles. The summed E-state index contributed by atoms with van der Waals surface area (Å²) >= 11 is 1.65. The van der Waals surface area contributed by atoms with Crippen molar-refractivity contribution in [1.82, 2.24) is 4.98 Å². The maximum absolute atomic E-state index is 6.31. The molecule has 4 heteroatoms. The smallest absolute Gasteiger partial charge is 0.106 e. The highest BCUT2D eigenvalue weighted by Crippen LogP contribution is 2.34. The summed E-state index contributed by atoms with van der Waals surface area (Å²) in [6, 6.07) is 4.92. The van der Waals surface area contributed by atoms with Gasteiger partial charge in [-0.2, -0.15) is 0 Å². The average Bonchev–Trinajstić information content (AvgIpc) is 2.73. The lowest BCUT2D eigenvalue weighted by atomic mass is 10.1. The fraction of sp³-hybridized carbons (Fsp3) is 0.533. The van der Waals surface area contributed by atoms with Crippen LogP contribution < -0.4 is 10.6 Å². The van der Waals surface area contributed by atoms with Crippen LogP contribution in [0.25, 0.3) is 10.2 Å². The average molecular weight is 275 g/mol. The third kappa shape index (κ3) is 2.41. The topological polar surface area (TPSA) is 42.2 Å². The molecule has 0 atom stereocenters. The summed E-state index contributed by atoms with van der Waals surface area (Å²) in [5, 5.41) is 0. The molecule has 1 aliphatic rings. The molecule has 1 aromatic heterocycles. The summed E-state index contributed by atoms with van der Waals surface area (Å²) in [6.07, 6.45) is 8.01. The molecule has 0 radical (unpaired) electrons. The van der Waals surface area contributed by atoms with E-state index in [1.54, 1.807) is 11.3 Å². The first-order chi connectivity index (χ1) is 9.27. The van der Waals surface area contributed by atoms with Crippen molar-refractivity contribution in [3.63, 3.8) is 0 Å². The molecule has 1 aliphatic carbocycles. The molecule has 19 heavy (non-hydrogen) atoms. The highest BCUT2D eigenvalue weighted by Gasteiger charge is 2.20. The molecule has 2 N–H and O–H groups in total. The molecule has 1 heterocycles. The SMILES string of the molecule is CN(c1ccc2scnc2c1N)C1CCCCCC1. The molecule has 1 aromatic carbocycles. The third-order valence-electron chi connectivity index (χ3n) is 4.27. The van der Waals surface area contributed by atoms with Gasteiger partial charge in [-0.1, -0.05) is 25.7 Å². The molecule has 0 unspecified atom stereocenters. The van der Waals surface area contributed by atoms with Crippen LogP contribution in [0, 0.1) is 0 Å². The van der Waals surface area contributed by atoms with Crippen molar-refractivity contribution < 1.29 is 0 Å². The van der Waals surface area contributed by atoms with Crippen molar-refractivity contribution >= 4 is 32.9 Å². The highest BCUT2D eigenvalue weighted by atomic mass is 32.1. The van der Waals surface area contributed by atoms with Crippen molar-refractivity contribution in [2.75, 3.05) is 17.7 Å². The van der Waals surface area contributed by atoms with Crippen LogP contribution in [-0.4, -0.2) is 18.1 Å². The van der Waals surface area contributed by atoms with Gasteiger partial charge in [0.05, 0.1) is 21.6 Å². The second-order valence-electron chi connectivity index (χ2n) is 5.45. The Morgan fingerprint density at radius 3 is 2.68 bits per heavy atom. The van der Waals surface area contributed by atoms with E-state index in [4.69, 9.17) is 5.73 Å². The van der Waals surface area contributed by atoms with Gasteiger partial charge in [0.2, 0.25) is 0 Å². The van der Waals surface area contributed by atoms with Gasteiger partial charge in [0, 0.05) is 13.1 Å². The van der Waals surface area contributed by atoms with Gasteiger partial charge in [0.1, 0.15) is 5.52 Å². The van der Waals surface area contributed by atoms with Crippen LogP contribution in [0.4, 0.5) is 11.4 Å². The monoisotopic (exact) mass is 275 g/mol. The molecule has 2 aromatic rings. The Kier molecular flexibility index (Phi) is 3.60. The lowest BCUT2D eigenvalue weighted by molar-refractivity contribution is 0.553. The van der Waals surface area contributed by atoms with Crippen LogP contribution >= 0.6 is 11.3 Å². The number of fused-ring (bicyclic) bond motifs is 1. The number of rotatable bonds is 2. The lowest BCUT2D eigenvalue weighted by Crippen LogP contribution is -2.31. The second kappa shape index (κ2) is 5.37. The van der Waals surface area contributed by atoms with Gasteiger partial charge in [-0.05, 0) is 25.0 Å². The molecule has 102 valence electrons. The lowest BCUT2D eigenvalue weighted by Gasteiger charge is -2.30. The van der Waals surface area contributed by atoms with Gasteiger partial charge in [-0.3, -0.25) is 0 Å². The number of nitrogens with two attached hydrogens (primary N) is 1. The standard InChI is InChI=1S/C15H21N3S/c1-18(11-6-4-2-3-5-7-11)12-8-9-13-15(14(12)16)17-10-19-13/h8-11H,2-7,16H2,1H3. The van der Waals surface area contributed by atoms with Gasteiger partial charge in [-0.25, -0.2) is 4.98 Å². The molecule has 3 rings (SSSR count). The quantitative estimate of drug-likeness (QED) is 0.664. The number of benzene rings is 1. The Balaban J connectivity index is 1.91. The van der Waals surface area contributed by atoms with Gasteiger partial charge in [-0.15, -0.1) is 11.3 Å².